The number of nitrogens with zero attached hydrogens (tertiary/aromatic N) is 2. The summed E-state index contributed by atoms with van der Waals surface area (Å²) in [5, 5.41) is 11.7. The third-order valence-corrected chi connectivity index (χ3v) is 2.67. The average molecular weight is 259 g/mol. The molecular weight excluding hydrogens is 247 g/mol. The lowest BCUT2D eigenvalue weighted by Gasteiger charge is -2.13. The standard InChI is InChI=1S/C11H12F3N3O/c12-11(13,14)9-3-4-15-10(17-9)16-8-2-1-7(5-8)6-18/h1-4,7-8,18H,5-6H2,(H,15,16,17)/t7-,8+/m0/s1. The highest BCUT2D eigenvalue weighted by Crippen LogP contribution is 2.28. The van der Waals surface area contributed by atoms with E-state index in [-0.39, 0.29) is 24.5 Å². The zero-order chi connectivity index (χ0) is 13.2. The van der Waals surface area contributed by atoms with Crippen molar-refractivity contribution in [1.29, 1.82) is 0 Å². The van der Waals surface area contributed by atoms with Crippen LogP contribution < -0.4 is 5.32 Å². The van der Waals surface area contributed by atoms with Gasteiger partial charge in [-0.15, -0.1) is 0 Å². The highest BCUT2D eigenvalue weighted by molar-refractivity contribution is 5.31. The van der Waals surface area contributed by atoms with Gasteiger partial charge >= 0.3 is 6.18 Å². The summed E-state index contributed by atoms with van der Waals surface area (Å²) in [7, 11) is 0. The number of anilines is 1. The van der Waals surface area contributed by atoms with Crippen molar-refractivity contribution in [1.82, 2.24) is 9.97 Å². The summed E-state index contributed by atoms with van der Waals surface area (Å²) in [6, 6.07) is 0.678. The molecule has 0 saturated heterocycles. The molecule has 0 aromatic carbocycles. The molecule has 0 aliphatic heterocycles. The molecule has 2 atom stereocenters. The summed E-state index contributed by atoms with van der Waals surface area (Å²) in [6.45, 7) is 0.0259. The Hall–Kier alpha value is -1.63. The molecule has 2 rings (SSSR count). The van der Waals surface area contributed by atoms with Crippen LogP contribution in [0.3, 0.4) is 0 Å². The van der Waals surface area contributed by atoms with E-state index in [2.05, 4.69) is 15.3 Å². The highest BCUT2D eigenvalue weighted by Gasteiger charge is 2.33. The maximum Gasteiger partial charge on any atom is 0.433 e. The Labute approximate surface area is 102 Å². The summed E-state index contributed by atoms with van der Waals surface area (Å²) in [5.74, 6) is -0.0219. The number of nitrogens with one attached hydrogen (secondary N) is 1. The van der Waals surface area contributed by atoms with Crippen molar-refractivity contribution < 1.29 is 18.3 Å². The number of rotatable bonds is 3. The molecule has 1 aromatic heterocycles. The van der Waals surface area contributed by atoms with Crippen LogP contribution in [0.4, 0.5) is 19.1 Å². The van der Waals surface area contributed by atoms with Gasteiger partial charge in [0, 0.05) is 24.8 Å². The van der Waals surface area contributed by atoms with Gasteiger partial charge in [0.1, 0.15) is 5.69 Å². The Morgan fingerprint density at radius 2 is 2.17 bits per heavy atom. The van der Waals surface area contributed by atoms with Crippen molar-refractivity contribution in [3.63, 3.8) is 0 Å². The Bertz CT molecular complexity index is 447. The zero-order valence-electron chi connectivity index (χ0n) is 9.35. The number of hydrogen-bond donors (Lipinski definition) is 2. The highest BCUT2D eigenvalue weighted by atomic mass is 19.4. The van der Waals surface area contributed by atoms with Gasteiger partial charge in [0.05, 0.1) is 0 Å². The van der Waals surface area contributed by atoms with Gasteiger partial charge in [-0.2, -0.15) is 13.2 Å². The Kier molecular flexibility index (Phi) is 3.51. The molecule has 7 heteroatoms. The Morgan fingerprint density at radius 3 is 2.78 bits per heavy atom. The van der Waals surface area contributed by atoms with Crippen LogP contribution in [0.5, 0.6) is 0 Å². The van der Waals surface area contributed by atoms with Gasteiger partial charge in [-0.3, -0.25) is 0 Å². The van der Waals surface area contributed by atoms with Crippen molar-refractivity contribution in [2.24, 2.45) is 5.92 Å². The monoisotopic (exact) mass is 259 g/mol. The fraction of sp³-hybridized carbons (Fsp3) is 0.455. The molecule has 0 bridgehead atoms. The topological polar surface area (TPSA) is 58.0 Å². The number of hydrogen-bond acceptors (Lipinski definition) is 4. The van der Waals surface area contributed by atoms with E-state index in [1.165, 1.54) is 0 Å². The molecule has 1 heterocycles. The first-order valence-corrected chi connectivity index (χ1v) is 5.45. The predicted molar refractivity (Wildman–Crippen MR) is 58.8 cm³/mol. The Balaban J connectivity index is 2.05. The number of halogens is 3. The molecule has 4 nitrogen and oxygen atoms in total. The summed E-state index contributed by atoms with van der Waals surface area (Å²) in [6.07, 6.45) is 0.838. The molecule has 0 saturated carbocycles. The van der Waals surface area contributed by atoms with Gasteiger partial charge in [-0.1, -0.05) is 12.2 Å². The summed E-state index contributed by atoms with van der Waals surface area (Å²) < 4.78 is 37.3. The minimum Gasteiger partial charge on any atom is -0.396 e. The van der Waals surface area contributed by atoms with Gasteiger partial charge in [-0.25, -0.2) is 9.97 Å². The van der Waals surface area contributed by atoms with Crippen LogP contribution in [-0.2, 0) is 6.18 Å². The molecule has 2 N–H and O–H groups in total. The van der Waals surface area contributed by atoms with Crippen LogP contribution in [0.1, 0.15) is 12.1 Å². The van der Waals surface area contributed by atoms with Gasteiger partial charge < -0.3 is 10.4 Å². The average Bonchev–Trinajstić information content (AvgIpc) is 2.76. The van der Waals surface area contributed by atoms with Crippen molar-refractivity contribution in [2.45, 2.75) is 18.6 Å². The molecule has 0 radical (unpaired) electrons. The Morgan fingerprint density at radius 1 is 1.39 bits per heavy atom. The van der Waals surface area contributed by atoms with Crippen molar-refractivity contribution >= 4 is 5.95 Å². The summed E-state index contributed by atoms with van der Waals surface area (Å²) >= 11 is 0. The zero-order valence-corrected chi connectivity index (χ0v) is 9.35. The maximum absolute atomic E-state index is 12.4. The molecule has 98 valence electrons. The lowest BCUT2D eigenvalue weighted by molar-refractivity contribution is -0.141. The normalized spacial score (nSPS) is 23.3. The van der Waals surface area contributed by atoms with Gasteiger partial charge in [0.25, 0.3) is 0 Å². The van der Waals surface area contributed by atoms with Crippen LogP contribution in [0.2, 0.25) is 0 Å². The first kappa shape index (κ1) is 12.8. The second-order valence-corrected chi connectivity index (χ2v) is 4.08. The molecule has 1 aliphatic rings. The number of aromatic nitrogens is 2. The lowest BCUT2D eigenvalue weighted by Crippen LogP contribution is -2.19. The van der Waals surface area contributed by atoms with Gasteiger partial charge in [0.15, 0.2) is 0 Å². The number of aliphatic hydroxyl groups is 1. The van der Waals surface area contributed by atoms with Crippen molar-refractivity contribution in [3.05, 3.63) is 30.1 Å². The fourth-order valence-electron chi connectivity index (χ4n) is 1.77. The van der Waals surface area contributed by atoms with Crippen LogP contribution in [0.25, 0.3) is 0 Å². The third-order valence-electron chi connectivity index (χ3n) is 2.67. The first-order valence-electron chi connectivity index (χ1n) is 5.45. The van der Waals surface area contributed by atoms with E-state index < -0.39 is 11.9 Å². The maximum atomic E-state index is 12.4. The fourth-order valence-corrected chi connectivity index (χ4v) is 1.77. The molecule has 18 heavy (non-hydrogen) atoms. The molecule has 0 fully saturated rings. The quantitative estimate of drug-likeness (QED) is 0.813. The van der Waals surface area contributed by atoms with E-state index in [0.717, 1.165) is 12.3 Å². The van der Waals surface area contributed by atoms with E-state index in [1.807, 2.05) is 6.08 Å². The van der Waals surface area contributed by atoms with Gasteiger partial charge in [0.2, 0.25) is 5.95 Å². The van der Waals surface area contributed by atoms with E-state index >= 15 is 0 Å². The van der Waals surface area contributed by atoms with Crippen LogP contribution in [0, 0.1) is 5.92 Å². The van der Waals surface area contributed by atoms with E-state index in [4.69, 9.17) is 5.11 Å². The van der Waals surface area contributed by atoms with Crippen LogP contribution in [0.15, 0.2) is 24.4 Å². The van der Waals surface area contributed by atoms with E-state index in [1.54, 1.807) is 6.08 Å². The molecule has 0 amide bonds. The number of aliphatic hydroxyl groups excluding tert-OH is 1. The number of alkyl halides is 3. The largest absolute Gasteiger partial charge is 0.433 e. The van der Waals surface area contributed by atoms with Gasteiger partial charge in [-0.05, 0) is 12.5 Å². The molecule has 0 unspecified atom stereocenters. The smallest absolute Gasteiger partial charge is 0.396 e. The lowest BCUT2D eigenvalue weighted by atomic mass is 10.1. The summed E-state index contributed by atoms with van der Waals surface area (Å²) in [4.78, 5) is 7.16. The predicted octanol–water partition coefficient (Wildman–Crippen LogP) is 1.84. The van der Waals surface area contributed by atoms with Crippen molar-refractivity contribution in [2.75, 3.05) is 11.9 Å². The van der Waals surface area contributed by atoms with E-state index in [0.29, 0.717) is 6.42 Å². The van der Waals surface area contributed by atoms with Crippen molar-refractivity contribution in [3.8, 4) is 0 Å². The second-order valence-electron chi connectivity index (χ2n) is 4.08. The third kappa shape index (κ3) is 2.98. The minimum absolute atomic E-state index is 0.0259. The van der Waals surface area contributed by atoms with Crippen LogP contribution in [-0.4, -0.2) is 27.7 Å². The van der Waals surface area contributed by atoms with E-state index in [9.17, 15) is 13.2 Å². The molecular formula is C11H12F3N3O. The van der Waals surface area contributed by atoms with Crippen LogP contribution >= 0.6 is 0 Å². The minimum atomic E-state index is -4.47. The molecule has 1 aromatic rings. The second kappa shape index (κ2) is 4.93. The first-order chi connectivity index (χ1) is 8.49. The summed E-state index contributed by atoms with van der Waals surface area (Å²) in [5.41, 5.74) is -0.972. The molecule has 0 spiro atoms. The molecule has 1 aliphatic carbocycles. The SMILES string of the molecule is OC[C@H]1C=C[C@@H](Nc2nccc(C(F)(F)F)n2)C1.